The molecule has 1 aromatic carbocycles. The SMILES string of the molecule is [C-]#[N+]CCC(=O)N(C)[C@H]1CCCN(c2ccc(Nc3ncc(C)c(-c4cnn(C(C)C)c4)n3)cc2F)C1. The Morgan fingerprint density at radius 1 is 1.35 bits per heavy atom. The van der Waals surface area contributed by atoms with Crippen LogP contribution in [-0.2, 0) is 4.79 Å². The molecule has 194 valence electrons. The lowest BCUT2D eigenvalue weighted by Gasteiger charge is -2.38. The molecule has 0 unspecified atom stereocenters. The number of likely N-dealkylation sites (N-methyl/N-ethyl adjacent to an activating group) is 1. The van der Waals surface area contributed by atoms with Crippen molar-refractivity contribution < 1.29 is 9.18 Å². The summed E-state index contributed by atoms with van der Waals surface area (Å²) in [5.41, 5.74) is 3.65. The summed E-state index contributed by atoms with van der Waals surface area (Å²) in [4.78, 5) is 28.4. The molecular weight excluding hydrogens is 471 g/mol. The van der Waals surface area contributed by atoms with E-state index in [0.717, 1.165) is 36.2 Å². The number of nitrogens with one attached hydrogen (secondary N) is 1. The van der Waals surface area contributed by atoms with Gasteiger partial charge in [0.1, 0.15) is 5.82 Å². The van der Waals surface area contributed by atoms with Crippen LogP contribution in [0.25, 0.3) is 16.1 Å². The van der Waals surface area contributed by atoms with Crippen LogP contribution in [0.4, 0.5) is 21.7 Å². The summed E-state index contributed by atoms with van der Waals surface area (Å²) in [5.74, 6) is -0.0160. The zero-order valence-electron chi connectivity index (χ0n) is 21.8. The smallest absolute Gasteiger partial charge is 0.230 e. The van der Waals surface area contributed by atoms with E-state index in [1.54, 1.807) is 30.4 Å². The van der Waals surface area contributed by atoms with Gasteiger partial charge in [0.25, 0.3) is 0 Å². The number of halogens is 1. The first-order valence-electron chi connectivity index (χ1n) is 12.6. The van der Waals surface area contributed by atoms with Gasteiger partial charge >= 0.3 is 0 Å². The predicted octanol–water partition coefficient (Wildman–Crippen LogP) is 4.85. The van der Waals surface area contributed by atoms with Gasteiger partial charge in [0.15, 0.2) is 0 Å². The summed E-state index contributed by atoms with van der Waals surface area (Å²) in [6.07, 6.45) is 7.42. The van der Waals surface area contributed by atoms with Crippen LogP contribution in [0.5, 0.6) is 0 Å². The summed E-state index contributed by atoms with van der Waals surface area (Å²) in [5, 5.41) is 7.52. The van der Waals surface area contributed by atoms with Gasteiger partial charge in [0.05, 0.1) is 24.0 Å². The van der Waals surface area contributed by atoms with Gasteiger partial charge < -0.3 is 20.0 Å². The Morgan fingerprint density at radius 2 is 2.16 bits per heavy atom. The van der Waals surface area contributed by atoms with Crippen molar-refractivity contribution in [3.8, 4) is 11.3 Å². The highest BCUT2D eigenvalue weighted by molar-refractivity contribution is 5.76. The van der Waals surface area contributed by atoms with E-state index in [9.17, 15) is 4.79 Å². The van der Waals surface area contributed by atoms with Gasteiger partial charge in [-0.1, -0.05) is 0 Å². The third kappa shape index (κ3) is 6.05. The van der Waals surface area contributed by atoms with Gasteiger partial charge in [0, 0.05) is 55.9 Å². The molecule has 1 amide bonds. The number of piperidine rings is 1. The zero-order valence-corrected chi connectivity index (χ0v) is 21.8. The molecule has 1 N–H and O–H groups in total. The Balaban J connectivity index is 1.47. The number of hydrogen-bond donors (Lipinski definition) is 1. The van der Waals surface area contributed by atoms with E-state index in [1.807, 2.05) is 28.8 Å². The number of hydrogen-bond acceptors (Lipinski definition) is 6. The first kappa shape index (κ1) is 26.1. The molecule has 0 aliphatic carbocycles. The van der Waals surface area contributed by atoms with E-state index in [1.165, 1.54) is 6.07 Å². The zero-order chi connectivity index (χ0) is 26.5. The highest BCUT2D eigenvalue weighted by Crippen LogP contribution is 2.29. The molecule has 37 heavy (non-hydrogen) atoms. The largest absolute Gasteiger partial charge is 0.367 e. The fourth-order valence-corrected chi connectivity index (χ4v) is 4.53. The van der Waals surface area contributed by atoms with E-state index < -0.39 is 0 Å². The van der Waals surface area contributed by atoms with Crippen LogP contribution in [0.1, 0.15) is 44.7 Å². The molecule has 1 aliphatic rings. The molecule has 0 radical (unpaired) electrons. The standard InChI is InChI=1S/C27H33FN8O/c1-18(2)36-16-20(15-31-36)26-19(3)14-30-27(33-26)32-21-8-9-24(23(28)13-21)35-12-6-7-22(17-35)34(5)25(37)10-11-29-4/h8-9,13-16,18,22H,6-7,10-12,17H2,1-3,5H3,(H,30,32,33)/t22-/m0/s1. The van der Waals surface area contributed by atoms with Crippen molar-refractivity contribution in [3.05, 3.63) is 59.6 Å². The highest BCUT2D eigenvalue weighted by Gasteiger charge is 2.27. The molecule has 0 saturated carbocycles. The van der Waals surface area contributed by atoms with Crippen molar-refractivity contribution in [2.24, 2.45) is 0 Å². The van der Waals surface area contributed by atoms with Crippen molar-refractivity contribution in [1.82, 2.24) is 24.6 Å². The molecule has 0 bridgehead atoms. The summed E-state index contributed by atoms with van der Waals surface area (Å²) in [6, 6.07) is 5.25. The van der Waals surface area contributed by atoms with Gasteiger partial charge in [-0.15, -0.1) is 0 Å². The maximum absolute atomic E-state index is 15.2. The van der Waals surface area contributed by atoms with Crippen molar-refractivity contribution in [2.75, 3.05) is 36.9 Å². The van der Waals surface area contributed by atoms with Crippen LogP contribution in [0, 0.1) is 19.3 Å². The average molecular weight is 505 g/mol. The third-order valence-corrected chi connectivity index (χ3v) is 6.70. The molecule has 2 aromatic heterocycles. The minimum Gasteiger partial charge on any atom is -0.367 e. The number of anilines is 3. The van der Waals surface area contributed by atoms with Gasteiger partial charge in [-0.3, -0.25) is 9.48 Å². The fraction of sp³-hybridized carbons (Fsp3) is 0.444. The van der Waals surface area contributed by atoms with E-state index in [-0.39, 0.29) is 36.8 Å². The summed E-state index contributed by atoms with van der Waals surface area (Å²) in [6.45, 7) is 14.4. The second-order valence-corrected chi connectivity index (χ2v) is 9.70. The molecule has 4 rings (SSSR count). The molecule has 1 saturated heterocycles. The first-order chi connectivity index (χ1) is 17.8. The molecule has 9 nitrogen and oxygen atoms in total. The van der Waals surface area contributed by atoms with Crippen molar-refractivity contribution in [2.45, 2.75) is 52.1 Å². The number of aryl methyl sites for hydroxylation is 1. The number of carbonyl (C=O) groups is 1. The van der Waals surface area contributed by atoms with Crippen molar-refractivity contribution in [3.63, 3.8) is 0 Å². The number of nitrogens with zero attached hydrogens (tertiary/aromatic N) is 7. The maximum atomic E-state index is 15.2. The van der Waals surface area contributed by atoms with Crippen molar-refractivity contribution >= 4 is 23.2 Å². The van der Waals surface area contributed by atoms with Crippen molar-refractivity contribution in [1.29, 1.82) is 0 Å². The average Bonchev–Trinajstić information content (AvgIpc) is 3.39. The quantitative estimate of drug-likeness (QED) is 0.442. The number of carbonyl (C=O) groups excluding carboxylic acids is 1. The van der Waals surface area contributed by atoms with E-state index >= 15 is 4.39 Å². The van der Waals surface area contributed by atoms with Crippen LogP contribution in [-0.4, -0.2) is 63.3 Å². The van der Waals surface area contributed by atoms with Crippen LogP contribution >= 0.6 is 0 Å². The lowest BCUT2D eigenvalue weighted by molar-refractivity contribution is -0.131. The topological polar surface area (TPSA) is 83.5 Å². The third-order valence-electron chi connectivity index (χ3n) is 6.70. The van der Waals surface area contributed by atoms with Gasteiger partial charge in [0.2, 0.25) is 18.4 Å². The minimum atomic E-state index is -0.349. The molecule has 1 aliphatic heterocycles. The second kappa shape index (κ2) is 11.4. The molecule has 1 atom stereocenters. The Hall–Kier alpha value is -4.00. The molecule has 10 heteroatoms. The Bertz CT molecular complexity index is 1300. The summed E-state index contributed by atoms with van der Waals surface area (Å²) >= 11 is 0. The second-order valence-electron chi connectivity index (χ2n) is 9.70. The Morgan fingerprint density at radius 3 is 2.86 bits per heavy atom. The molecular formula is C27H33FN8O. The molecule has 3 aromatic rings. The maximum Gasteiger partial charge on any atom is 0.230 e. The van der Waals surface area contributed by atoms with Gasteiger partial charge in [-0.25, -0.2) is 20.9 Å². The monoisotopic (exact) mass is 504 g/mol. The predicted molar refractivity (Wildman–Crippen MR) is 142 cm³/mol. The Kier molecular flexibility index (Phi) is 8.01. The van der Waals surface area contributed by atoms with Gasteiger partial charge in [-0.05, 0) is 57.4 Å². The van der Waals surface area contributed by atoms with E-state index in [2.05, 4.69) is 39.1 Å². The van der Waals surface area contributed by atoms with Crippen LogP contribution in [0.2, 0.25) is 0 Å². The lowest BCUT2D eigenvalue weighted by Crippen LogP contribution is -2.49. The normalized spacial score (nSPS) is 15.5. The number of benzene rings is 1. The van der Waals surface area contributed by atoms with Crippen LogP contribution < -0.4 is 10.2 Å². The minimum absolute atomic E-state index is 0.0105. The fourth-order valence-electron chi connectivity index (χ4n) is 4.53. The summed E-state index contributed by atoms with van der Waals surface area (Å²) in [7, 11) is 1.77. The van der Waals surface area contributed by atoms with E-state index in [4.69, 9.17) is 6.57 Å². The lowest BCUT2D eigenvalue weighted by atomic mass is 10.0. The molecule has 3 heterocycles. The summed E-state index contributed by atoms with van der Waals surface area (Å²) < 4.78 is 17.1. The number of rotatable bonds is 8. The number of amides is 1. The van der Waals surface area contributed by atoms with Crippen LogP contribution in [0.15, 0.2) is 36.8 Å². The highest BCUT2D eigenvalue weighted by atomic mass is 19.1. The first-order valence-corrected chi connectivity index (χ1v) is 12.6. The van der Waals surface area contributed by atoms with Crippen LogP contribution in [0.3, 0.4) is 0 Å². The Labute approximate surface area is 217 Å². The van der Waals surface area contributed by atoms with Gasteiger partial charge in [-0.2, -0.15) is 5.10 Å². The molecule has 1 fully saturated rings. The molecule has 0 spiro atoms. The number of aromatic nitrogens is 4. The van der Waals surface area contributed by atoms with E-state index in [0.29, 0.717) is 23.9 Å².